The van der Waals surface area contributed by atoms with Gasteiger partial charge < -0.3 is 9.47 Å². The molecule has 19 heavy (non-hydrogen) atoms. The fourth-order valence-electron chi connectivity index (χ4n) is 2.82. The predicted octanol–water partition coefficient (Wildman–Crippen LogP) is 1.98. The number of Topliss-reactive ketones (excluding diaryl/α,β-unsaturated/α-hetero) is 1. The van der Waals surface area contributed by atoms with Gasteiger partial charge in [-0.1, -0.05) is 20.3 Å². The summed E-state index contributed by atoms with van der Waals surface area (Å²) in [6.07, 6.45) is 3.21. The minimum atomic E-state index is -0.142. The van der Waals surface area contributed by atoms with Crippen LogP contribution in [-0.2, 0) is 14.3 Å². The normalized spacial score (nSPS) is 23.0. The number of ketones is 1. The largest absolute Gasteiger partial charge is 0.383 e. The topological polar surface area (TPSA) is 38.8 Å². The molecule has 0 radical (unpaired) electrons. The first kappa shape index (κ1) is 16.6. The first-order chi connectivity index (χ1) is 9.01. The molecular formula is C15H29NO3. The van der Waals surface area contributed by atoms with Crippen molar-refractivity contribution in [3.63, 3.8) is 0 Å². The van der Waals surface area contributed by atoms with Gasteiger partial charge in [0.2, 0.25) is 0 Å². The van der Waals surface area contributed by atoms with E-state index < -0.39 is 0 Å². The zero-order valence-electron chi connectivity index (χ0n) is 12.9. The number of carbonyl (C=O) groups is 1. The van der Waals surface area contributed by atoms with E-state index in [0.717, 1.165) is 38.9 Å². The van der Waals surface area contributed by atoms with E-state index in [0.29, 0.717) is 19.0 Å². The van der Waals surface area contributed by atoms with Crippen molar-refractivity contribution in [2.75, 3.05) is 47.1 Å². The van der Waals surface area contributed by atoms with E-state index >= 15 is 0 Å². The van der Waals surface area contributed by atoms with Crippen LogP contribution >= 0.6 is 0 Å². The molecule has 4 nitrogen and oxygen atoms in total. The summed E-state index contributed by atoms with van der Waals surface area (Å²) in [7, 11) is 3.42. The monoisotopic (exact) mass is 271 g/mol. The number of hydrogen-bond donors (Lipinski definition) is 0. The molecule has 1 rings (SSSR count). The highest BCUT2D eigenvalue weighted by Gasteiger charge is 2.37. The highest BCUT2D eigenvalue weighted by molar-refractivity contribution is 5.87. The lowest BCUT2D eigenvalue weighted by Gasteiger charge is -2.36. The fraction of sp³-hybridized carbons (Fsp3) is 0.933. The molecule has 4 heteroatoms. The van der Waals surface area contributed by atoms with Crippen LogP contribution in [0.5, 0.6) is 0 Å². The summed E-state index contributed by atoms with van der Waals surface area (Å²) in [5.74, 6) is 0.607. The molecule has 0 spiro atoms. The molecule has 1 aliphatic carbocycles. The van der Waals surface area contributed by atoms with Crippen LogP contribution < -0.4 is 0 Å². The second-order valence-electron chi connectivity index (χ2n) is 6.12. The van der Waals surface area contributed by atoms with E-state index in [9.17, 15) is 4.79 Å². The average Bonchev–Trinajstić information content (AvgIpc) is 2.37. The molecule has 0 saturated heterocycles. The molecular weight excluding hydrogens is 242 g/mol. The maximum Gasteiger partial charge on any atom is 0.142 e. The molecule has 0 amide bonds. The van der Waals surface area contributed by atoms with Gasteiger partial charge in [0.15, 0.2) is 0 Å². The lowest BCUT2D eigenvalue weighted by atomic mass is 9.71. The van der Waals surface area contributed by atoms with Crippen molar-refractivity contribution in [3.8, 4) is 0 Å². The summed E-state index contributed by atoms with van der Waals surface area (Å²) in [5, 5.41) is 0. The number of carbonyl (C=O) groups excluding carboxylic acids is 1. The third-order valence-corrected chi connectivity index (χ3v) is 4.09. The zero-order valence-corrected chi connectivity index (χ0v) is 12.9. The first-order valence-corrected chi connectivity index (χ1v) is 7.26. The fourth-order valence-corrected chi connectivity index (χ4v) is 2.82. The van der Waals surface area contributed by atoms with Crippen LogP contribution in [0, 0.1) is 11.3 Å². The Kier molecular flexibility index (Phi) is 6.97. The number of methoxy groups -OCH3 is 2. The molecule has 0 N–H and O–H groups in total. The Morgan fingerprint density at radius 2 is 1.79 bits per heavy atom. The Balaban J connectivity index is 2.53. The molecule has 1 aliphatic rings. The molecule has 0 aromatic heterocycles. The molecule has 1 saturated carbocycles. The number of hydrogen-bond acceptors (Lipinski definition) is 4. The van der Waals surface area contributed by atoms with Crippen LogP contribution in [0.4, 0.5) is 0 Å². The van der Waals surface area contributed by atoms with Crippen molar-refractivity contribution in [2.45, 2.75) is 33.1 Å². The van der Waals surface area contributed by atoms with Crippen LogP contribution in [0.2, 0.25) is 0 Å². The lowest BCUT2D eigenvalue weighted by molar-refractivity contribution is -0.135. The van der Waals surface area contributed by atoms with Crippen molar-refractivity contribution in [1.29, 1.82) is 0 Å². The Bertz CT molecular complexity index is 271. The molecule has 0 aliphatic heterocycles. The number of nitrogens with zero attached hydrogens (tertiary/aromatic N) is 1. The SMILES string of the molecule is COCCN(CCOC)CC1CCCC(C)(C)C1=O. The summed E-state index contributed by atoms with van der Waals surface area (Å²) in [6, 6.07) is 0. The predicted molar refractivity (Wildman–Crippen MR) is 76.3 cm³/mol. The Hall–Kier alpha value is -0.450. The Morgan fingerprint density at radius 3 is 2.32 bits per heavy atom. The maximum atomic E-state index is 12.4. The highest BCUT2D eigenvalue weighted by atomic mass is 16.5. The van der Waals surface area contributed by atoms with Gasteiger partial charge in [-0.2, -0.15) is 0 Å². The first-order valence-electron chi connectivity index (χ1n) is 7.26. The molecule has 0 heterocycles. The van der Waals surface area contributed by atoms with Gasteiger partial charge in [-0.15, -0.1) is 0 Å². The summed E-state index contributed by atoms with van der Waals surface area (Å²) in [5.41, 5.74) is -0.142. The van der Waals surface area contributed by atoms with Gasteiger partial charge in [-0.05, 0) is 12.8 Å². The van der Waals surface area contributed by atoms with Crippen LogP contribution in [0.25, 0.3) is 0 Å². The van der Waals surface area contributed by atoms with Crippen molar-refractivity contribution in [2.24, 2.45) is 11.3 Å². The molecule has 0 aromatic carbocycles. The van der Waals surface area contributed by atoms with Crippen LogP contribution in [-0.4, -0.2) is 57.8 Å². The van der Waals surface area contributed by atoms with E-state index in [4.69, 9.17) is 9.47 Å². The molecule has 1 fully saturated rings. The minimum absolute atomic E-state index is 0.142. The van der Waals surface area contributed by atoms with Gasteiger partial charge in [0.1, 0.15) is 5.78 Å². The maximum absolute atomic E-state index is 12.4. The standard InChI is InChI=1S/C15H29NO3/c1-15(2)7-5-6-13(14(15)17)12-16(8-10-18-3)9-11-19-4/h13H,5-12H2,1-4H3. The summed E-state index contributed by atoms with van der Waals surface area (Å²) in [4.78, 5) is 14.7. The van der Waals surface area contributed by atoms with Gasteiger partial charge in [-0.25, -0.2) is 0 Å². The quantitative estimate of drug-likeness (QED) is 0.676. The summed E-state index contributed by atoms with van der Waals surface area (Å²) >= 11 is 0. The van der Waals surface area contributed by atoms with E-state index in [1.54, 1.807) is 14.2 Å². The van der Waals surface area contributed by atoms with Crippen LogP contribution in [0.1, 0.15) is 33.1 Å². The van der Waals surface area contributed by atoms with Gasteiger partial charge in [-0.3, -0.25) is 9.69 Å². The number of ether oxygens (including phenoxy) is 2. The Morgan fingerprint density at radius 1 is 1.21 bits per heavy atom. The van der Waals surface area contributed by atoms with Crippen molar-refractivity contribution in [1.82, 2.24) is 4.90 Å². The van der Waals surface area contributed by atoms with Gasteiger partial charge in [0.05, 0.1) is 13.2 Å². The summed E-state index contributed by atoms with van der Waals surface area (Å²) in [6.45, 7) is 8.14. The van der Waals surface area contributed by atoms with Crippen LogP contribution in [0.15, 0.2) is 0 Å². The van der Waals surface area contributed by atoms with Gasteiger partial charge in [0.25, 0.3) is 0 Å². The van der Waals surface area contributed by atoms with Crippen molar-refractivity contribution in [3.05, 3.63) is 0 Å². The third-order valence-electron chi connectivity index (χ3n) is 4.09. The van der Waals surface area contributed by atoms with Crippen molar-refractivity contribution < 1.29 is 14.3 Å². The Labute approximate surface area is 117 Å². The van der Waals surface area contributed by atoms with Gasteiger partial charge in [0, 0.05) is 45.2 Å². The van der Waals surface area contributed by atoms with Gasteiger partial charge >= 0.3 is 0 Å². The average molecular weight is 271 g/mol. The van der Waals surface area contributed by atoms with E-state index in [2.05, 4.69) is 18.7 Å². The second kappa shape index (κ2) is 7.98. The van der Waals surface area contributed by atoms with Crippen LogP contribution in [0.3, 0.4) is 0 Å². The third kappa shape index (κ3) is 5.21. The second-order valence-corrected chi connectivity index (χ2v) is 6.12. The van der Waals surface area contributed by atoms with E-state index in [-0.39, 0.29) is 11.3 Å². The highest BCUT2D eigenvalue weighted by Crippen LogP contribution is 2.35. The summed E-state index contributed by atoms with van der Waals surface area (Å²) < 4.78 is 10.3. The lowest BCUT2D eigenvalue weighted by Crippen LogP contribution is -2.43. The molecule has 1 unspecified atom stereocenters. The van der Waals surface area contributed by atoms with Crippen molar-refractivity contribution >= 4 is 5.78 Å². The smallest absolute Gasteiger partial charge is 0.142 e. The molecule has 112 valence electrons. The van der Waals surface area contributed by atoms with E-state index in [1.165, 1.54) is 0 Å². The minimum Gasteiger partial charge on any atom is -0.383 e. The zero-order chi connectivity index (χ0) is 14.3. The van der Waals surface area contributed by atoms with E-state index in [1.807, 2.05) is 0 Å². The molecule has 1 atom stereocenters. The number of rotatable bonds is 8. The molecule has 0 aromatic rings. The molecule has 0 bridgehead atoms.